The highest BCUT2D eigenvalue weighted by Crippen LogP contribution is 2.09. The van der Waals surface area contributed by atoms with E-state index in [4.69, 9.17) is 0 Å². The maximum absolute atomic E-state index is 12.4. The molecule has 0 spiro atoms. The normalized spacial score (nSPS) is 10.9. The Morgan fingerprint density at radius 3 is 2.88 bits per heavy atom. The molecule has 0 aliphatic carbocycles. The van der Waals surface area contributed by atoms with Gasteiger partial charge in [0.05, 0.1) is 12.5 Å². The van der Waals surface area contributed by atoms with Gasteiger partial charge in [0.25, 0.3) is 5.91 Å². The Hall–Kier alpha value is -3.41. The number of nitrogens with one attached hydrogen (secondary N) is 1. The molecule has 124 valence electrons. The minimum absolute atomic E-state index is 0.140. The maximum atomic E-state index is 12.4. The van der Waals surface area contributed by atoms with Gasteiger partial charge in [-0.2, -0.15) is 0 Å². The molecule has 0 bridgehead atoms. The maximum Gasteiger partial charge on any atom is 0.270 e. The standard InChI is InChI=1S/C19H17N5O/c25-19(17-12-21-18-6-1-2-8-24(17)18)22-11-15-4-3-5-16(10-15)13-23-9-7-20-14-23/h1-10,12,14H,11,13H2,(H,22,25). The third-order valence-electron chi connectivity index (χ3n) is 4.02. The smallest absolute Gasteiger partial charge is 0.270 e. The van der Waals surface area contributed by atoms with Gasteiger partial charge in [0, 0.05) is 31.7 Å². The van der Waals surface area contributed by atoms with Crippen LogP contribution in [0, 0.1) is 0 Å². The van der Waals surface area contributed by atoms with E-state index < -0.39 is 0 Å². The van der Waals surface area contributed by atoms with E-state index in [0.717, 1.165) is 17.8 Å². The number of hydrogen-bond donors (Lipinski definition) is 1. The van der Waals surface area contributed by atoms with Crippen LogP contribution >= 0.6 is 0 Å². The van der Waals surface area contributed by atoms with E-state index in [-0.39, 0.29) is 5.91 Å². The van der Waals surface area contributed by atoms with Crippen molar-refractivity contribution in [3.63, 3.8) is 0 Å². The predicted octanol–water partition coefficient (Wildman–Crippen LogP) is 2.51. The number of carbonyl (C=O) groups is 1. The number of hydrogen-bond acceptors (Lipinski definition) is 3. The lowest BCUT2D eigenvalue weighted by Gasteiger charge is -2.08. The largest absolute Gasteiger partial charge is 0.347 e. The molecular formula is C19H17N5O. The van der Waals surface area contributed by atoms with Gasteiger partial charge in [-0.1, -0.05) is 30.3 Å². The third-order valence-corrected chi connectivity index (χ3v) is 4.02. The highest BCUT2D eigenvalue weighted by molar-refractivity contribution is 5.93. The molecule has 25 heavy (non-hydrogen) atoms. The first-order valence-corrected chi connectivity index (χ1v) is 8.03. The number of benzene rings is 1. The SMILES string of the molecule is O=C(NCc1cccc(Cn2ccnc2)c1)c1cnc2ccccn12. The van der Waals surface area contributed by atoms with Crippen LogP contribution in [-0.2, 0) is 13.1 Å². The lowest BCUT2D eigenvalue weighted by Crippen LogP contribution is -2.24. The minimum atomic E-state index is -0.140. The molecular weight excluding hydrogens is 314 g/mol. The summed E-state index contributed by atoms with van der Waals surface area (Å²) < 4.78 is 3.79. The molecule has 6 heteroatoms. The van der Waals surface area contributed by atoms with E-state index in [1.54, 1.807) is 23.1 Å². The number of fused-ring (bicyclic) bond motifs is 1. The number of amides is 1. The van der Waals surface area contributed by atoms with Crippen LogP contribution in [0.5, 0.6) is 0 Å². The molecule has 0 saturated carbocycles. The van der Waals surface area contributed by atoms with E-state index in [1.165, 1.54) is 5.56 Å². The summed E-state index contributed by atoms with van der Waals surface area (Å²) >= 11 is 0. The fraction of sp³-hybridized carbons (Fsp3) is 0.105. The zero-order valence-corrected chi connectivity index (χ0v) is 13.5. The van der Waals surface area contributed by atoms with Crippen molar-refractivity contribution in [3.8, 4) is 0 Å². The molecule has 4 rings (SSSR count). The Kier molecular flexibility index (Phi) is 4.00. The van der Waals surface area contributed by atoms with Crippen LogP contribution in [-0.4, -0.2) is 24.8 Å². The van der Waals surface area contributed by atoms with Gasteiger partial charge < -0.3 is 9.88 Å². The second kappa shape index (κ2) is 6.60. The lowest BCUT2D eigenvalue weighted by molar-refractivity contribution is 0.0945. The number of carbonyl (C=O) groups excluding carboxylic acids is 1. The fourth-order valence-corrected chi connectivity index (χ4v) is 2.80. The van der Waals surface area contributed by atoms with Crippen LogP contribution in [0.1, 0.15) is 21.6 Å². The zero-order valence-electron chi connectivity index (χ0n) is 13.5. The lowest BCUT2D eigenvalue weighted by atomic mass is 10.1. The van der Waals surface area contributed by atoms with Crippen LogP contribution in [0.3, 0.4) is 0 Å². The summed E-state index contributed by atoms with van der Waals surface area (Å²) in [4.78, 5) is 20.7. The first-order chi connectivity index (χ1) is 12.3. The number of aromatic nitrogens is 4. The molecule has 3 aromatic heterocycles. The molecule has 3 heterocycles. The number of imidazole rings is 2. The van der Waals surface area contributed by atoms with Crippen LogP contribution in [0.2, 0.25) is 0 Å². The van der Waals surface area contributed by atoms with Gasteiger partial charge in [-0.05, 0) is 23.3 Å². The van der Waals surface area contributed by atoms with E-state index in [2.05, 4.69) is 27.4 Å². The molecule has 0 aliphatic heterocycles. The average Bonchev–Trinajstić information content (AvgIpc) is 3.29. The van der Waals surface area contributed by atoms with Crippen molar-refractivity contribution < 1.29 is 4.79 Å². The Bertz CT molecular complexity index is 1000. The Balaban J connectivity index is 1.45. The third kappa shape index (κ3) is 3.28. The Labute approximate surface area is 144 Å². The molecule has 0 atom stereocenters. The van der Waals surface area contributed by atoms with Gasteiger partial charge in [0.15, 0.2) is 0 Å². The summed E-state index contributed by atoms with van der Waals surface area (Å²) in [6.45, 7) is 1.23. The second-order valence-corrected chi connectivity index (χ2v) is 5.81. The topological polar surface area (TPSA) is 64.2 Å². The Morgan fingerprint density at radius 1 is 1.08 bits per heavy atom. The summed E-state index contributed by atoms with van der Waals surface area (Å²) in [5.41, 5.74) is 3.51. The average molecular weight is 331 g/mol. The molecule has 0 unspecified atom stereocenters. The number of pyridine rings is 1. The minimum Gasteiger partial charge on any atom is -0.347 e. The highest BCUT2D eigenvalue weighted by Gasteiger charge is 2.11. The first-order valence-electron chi connectivity index (χ1n) is 8.03. The van der Waals surface area contributed by atoms with E-state index in [9.17, 15) is 4.79 Å². The molecule has 1 aromatic carbocycles. The number of rotatable bonds is 5. The predicted molar refractivity (Wildman–Crippen MR) is 94.1 cm³/mol. The summed E-state index contributed by atoms with van der Waals surface area (Å²) in [5, 5.41) is 2.96. The molecule has 4 aromatic rings. The van der Waals surface area contributed by atoms with Gasteiger partial charge in [-0.3, -0.25) is 9.20 Å². The molecule has 0 radical (unpaired) electrons. The molecule has 6 nitrogen and oxygen atoms in total. The van der Waals surface area contributed by atoms with Gasteiger partial charge in [-0.15, -0.1) is 0 Å². The monoisotopic (exact) mass is 331 g/mol. The quantitative estimate of drug-likeness (QED) is 0.611. The molecule has 0 aliphatic rings. The van der Waals surface area contributed by atoms with E-state index >= 15 is 0 Å². The van der Waals surface area contributed by atoms with Crippen molar-refractivity contribution in [2.45, 2.75) is 13.1 Å². The molecule has 1 N–H and O–H groups in total. The van der Waals surface area contributed by atoms with Crippen LogP contribution in [0.4, 0.5) is 0 Å². The highest BCUT2D eigenvalue weighted by atomic mass is 16.1. The van der Waals surface area contributed by atoms with E-state index in [0.29, 0.717) is 12.2 Å². The second-order valence-electron chi connectivity index (χ2n) is 5.81. The molecule has 1 amide bonds. The fourth-order valence-electron chi connectivity index (χ4n) is 2.80. The van der Waals surface area contributed by atoms with Crippen LogP contribution in [0.15, 0.2) is 73.6 Å². The van der Waals surface area contributed by atoms with Crippen LogP contribution < -0.4 is 5.32 Å². The number of nitrogens with zero attached hydrogens (tertiary/aromatic N) is 4. The van der Waals surface area contributed by atoms with Gasteiger partial charge in [-0.25, -0.2) is 9.97 Å². The van der Waals surface area contributed by atoms with Gasteiger partial charge in [0.2, 0.25) is 0 Å². The van der Waals surface area contributed by atoms with Crippen molar-refractivity contribution in [3.05, 3.63) is 90.4 Å². The summed E-state index contributed by atoms with van der Waals surface area (Å²) in [5.74, 6) is -0.140. The van der Waals surface area contributed by atoms with Crippen molar-refractivity contribution >= 4 is 11.6 Å². The van der Waals surface area contributed by atoms with Crippen molar-refractivity contribution in [1.82, 2.24) is 24.3 Å². The summed E-state index contributed by atoms with van der Waals surface area (Å²) in [7, 11) is 0. The molecule has 0 fully saturated rings. The summed E-state index contributed by atoms with van der Waals surface area (Å²) in [6, 6.07) is 13.8. The van der Waals surface area contributed by atoms with E-state index in [1.807, 2.05) is 47.3 Å². The Morgan fingerprint density at radius 2 is 2.00 bits per heavy atom. The summed E-state index contributed by atoms with van der Waals surface area (Å²) in [6.07, 6.45) is 8.92. The van der Waals surface area contributed by atoms with Crippen molar-refractivity contribution in [2.24, 2.45) is 0 Å². The van der Waals surface area contributed by atoms with Crippen LogP contribution in [0.25, 0.3) is 5.65 Å². The van der Waals surface area contributed by atoms with Crippen molar-refractivity contribution in [1.29, 1.82) is 0 Å². The zero-order chi connectivity index (χ0) is 17.1. The van der Waals surface area contributed by atoms with Gasteiger partial charge >= 0.3 is 0 Å². The van der Waals surface area contributed by atoms with Crippen molar-refractivity contribution in [2.75, 3.05) is 0 Å². The van der Waals surface area contributed by atoms with Gasteiger partial charge in [0.1, 0.15) is 11.3 Å². The molecule has 0 saturated heterocycles. The first kappa shape index (κ1) is 15.1.